The Morgan fingerprint density at radius 2 is 1.50 bits per heavy atom. The Morgan fingerprint density at radius 3 is 1.50 bits per heavy atom. The molecule has 3 nitrogen and oxygen atoms in total. The van der Waals surface area contributed by atoms with E-state index in [9.17, 15) is 0 Å². The van der Waals surface area contributed by atoms with Gasteiger partial charge in [-0.1, -0.05) is 0 Å². The van der Waals surface area contributed by atoms with Crippen LogP contribution in [0.3, 0.4) is 0 Å². The molecule has 0 saturated carbocycles. The molecule has 0 aromatic carbocycles. The van der Waals surface area contributed by atoms with Gasteiger partial charge in [0, 0.05) is 7.11 Å². The van der Waals surface area contributed by atoms with Gasteiger partial charge in [-0.15, -0.1) is 0 Å². The number of hydrogen-bond acceptors (Lipinski definition) is 3. The Morgan fingerprint density at radius 1 is 1.38 bits per heavy atom. The third-order valence-electron chi connectivity index (χ3n) is 0.167. The van der Waals surface area contributed by atoms with E-state index in [0.29, 0.717) is 6.73 Å². The molecule has 0 aliphatic heterocycles. The topological polar surface area (TPSA) is 38.5 Å². The van der Waals surface area contributed by atoms with Crippen molar-refractivity contribution < 1.29 is 4.74 Å². The van der Waals surface area contributed by atoms with Crippen LogP contribution in [0.15, 0.2) is 0 Å². The largest absolute Gasteiger partial charge is 0.370 e. The maximum Gasteiger partial charge on any atom is 0.0936 e. The zero-order valence-electron chi connectivity index (χ0n) is 6.14. The fraction of sp³-hybridized carbons (Fsp3) is 1.00. The molecule has 0 atom stereocenters. The Labute approximate surface area is 51.4 Å². The van der Waals surface area contributed by atoms with Gasteiger partial charge in [0.05, 0.1) is 6.73 Å². The van der Waals surface area contributed by atoms with Gasteiger partial charge in [-0.2, -0.15) is 0 Å². The molecule has 0 aliphatic rings. The Bertz CT molecular complexity index is 26.9. The standard InChI is InChI=1S/C3H9N.C2H7NO/c1-4(2)3;1-4-2-3/h1-3H3;2-3H2,1H3. The molecular formula is C5H16N2O. The number of ether oxygens (including phenoxy) is 1. The molecule has 0 unspecified atom stereocenters. The van der Waals surface area contributed by atoms with Crippen LogP contribution in [-0.4, -0.2) is 39.9 Å². The molecule has 0 spiro atoms. The van der Waals surface area contributed by atoms with Crippen molar-refractivity contribution in [3.8, 4) is 0 Å². The van der Waals surface area contributed by atoms with Gasteiger partial charge in [-0.05, 0) is 21.1 Å². The van der Waals surface area contributed by atoms with Crippen LogP contribution in [0.4, 0.5) is 0 Å². The van der Waals surface area contributed by atoms with Crippen LogP contribution >= 0.6 is 0 Å². The normalized spacial score (nSPS) is 8.25. The van der Waals surface area contributed by atoms with Gasteiger partial charge in [-0.3, -0.25) is 0 Å². The Kier molecular flexibility index (Phi) is 13.5. The minimum absolute atomic E-state index is 0.319. The lowest BCUT2D eigenvalue weighted by molar-refractivity contribution is 0.207. The fourth-order valence-electron chi connectivity index (χ4n) is 0. The second-order valence-corrected chi connectivity index (χ2v) is 1.80. The second kappa shape index (κ2) is 9.99. The van der Waals surface area contributed by atoms with Crippen molar-refractivity contribution in [2.45, 2.75) is 0 Å². The van der Waals surface area contributed by atoms with E-state index in [1.165, 1.54) is 0 Å². The van der Waals surface area contributed by atoms with Gasteiger partial charge in [0.2, 0.25) is 0 Å². The zero-order chi connectivity index (χ0) is 6.99. The molecule has 3 heteroatoms. The number of nitrogens with two attached hydrogens (primary N) is 1. The molecule has 0 aromatic heterocycles. The van der Waals surface area contributed by atoms with E-state index in [1.807, 2.05) is 26.0 Å². The average Bonchev–Trinajstić information content (AvgIpc) is 1.65. The zero-order valence-corrected chi connectivity index (χ0v) is 6.14. The summed E-state index contributed by atoms with van der Waals surface area (Å²) < 4.78 is 4.32. The quantitative estimate of drug-likeness (QED) is 0.484. The van der Waals surface area contributed by atoms with E-state index in [1.54, 1.807) is 7.11 Å². The molecule has 0 saturated heterocycles. The Hall–Kier alpha value is -0.120. The first-order chi connectivity index (χ1) is 3.65. The van der Waals surface area contributed by atoms with E-state index < -0.39 is 0 Å². The summed E-state index contributed by atoms with van der Waals surface area (Å²) in [6.07, 6.45) is 0. The van der Waals surface area contributed by atoms with Crippen molar-refractivity contribution in [2.75, 3.05) is 35.0 Å². The molecule has 0 aliphatic carbocycles. The number of rotatable bonds is 1. The smallest absolute Gasteiger partial charge is 0.0936 e. The third kappa shape index (κ3) is 181. The first-order valence-electron chi connectivity index (χ1n) is 2.45. The summed E-state index contributed by atoms with van der Waals surface area (Å²) in [4.78, 5) is 2.00. The van der Waals surface area contributed by atoms with E-state index in [-0.39, 0.29) is 0 Å². The highest BCUT2D eigenvalue weighted by atomic mass is 16.5. The van der Waals surface area contributed by atoms with Gasteiger partial charge in [0.25, 0.3) is 0 Å². The van der Waals surface area contributed by atoms with Gasteiger partial charge < -0.3 is 15.4 Å². The number of hydrogen-bond donors (Lipinski definition) is 1. The maximum atomic E-state index is 4.81. The summed E-state index contributed by atoms with van der Waals surface area (Å²) in [5, 5.41) is 0. The summed E-state index contributed by atoms with van der Waals surface area (Å²) in [7, 11) is 7.56. The van der Waals surface area contributed by atoms with E-state index in [2.05, 4.69) is 4.74 Å². The molecule has 8 heavy (non-hydrogen) atoms. The van der Waals surface area contributed by atoms with Crippen LogP contribution in [0.2, 0.25) is 0 Å². The molecule has 0 aromatic rings. The van der Waals surface area contributed by atoms with Crippen LogP contribution in [0, 0.1) is 0 Å². The van der Waals surface area contributed by atoms with Crippen molar-refractivity contribution in [1.82, 2.24) is 4.90 Å². The highest BCUT2D eigenvalue weighted by Gasteiger charge is 1.58. The van der Waals surface area contributed by atoms with Gasteiger partial charge in [0.15, 0.2) is 0 Å². The molecule has 0 radical (unpaired) electrons. The second-order valence-electron chi connectivity index (χ2n) is 1.80. The van der Waals surface area contributed by atoms with Gasteiger partial charge in [-0.25, -0.2) is 0 Å². The number of methoxy groups -OCH3 is 1. The molecule has 0 rings (SSSR count). The lowest BCUT2D eigenvalue weighted by Crippen LogP contribution is -1.99. The minimum Gasteiger partial charge on any atom is -0.370 e. The molecular weight excluding hydrogens is 104 g/mol. The van der Waals surface area contributed by atoms with Crippen molar-refractivity contribution >= 4 is 0 Å². The molecule has 52 valence electrons. The molecule has 0 bridgehead atoms. The first kappa shape index (κ1) is 10.8. The van der Waals surface area contributed by atoms with E-state index >= 15 is 0 Å². The predicted octanol–water partition coefficient (Wildman–Crippen LogP) is -0.273. The van der Waals surface area contributed by atoms with E-state index in [4.69, 9.17) is 5.73 Å². The van der Waals surface area contributed by atoms with Gasteiger partial charge in [0.1, 0.15) is 0 Å². The van der Waals surface area contributed by atoms with Crippen LogP contribution < -0.4 is 5.73 Å². The van der Waals surface area contributed by atoms with Crippen LogP contribution in [0.5, 0.6) is 0 Å². The molecule has 0 amide bonds. The third-order valence-corrected chi connectivity index (χ3v) is 0.167. The summed E-state index contributed by atoms with van der Waals surface area (Å²) in [5.41, 5.74) is 4.81. The highest BCUT2D eigenvalue weighted by molar-refractivity contribution is 4.09. The monoisotopic (exact) mass is 120 g/mol. The molecule has 2 N–H and O–H groups in total. The van der Waals surface area contributed by atoms with Crippen molar-refractivity contribution in [3.05, 3.63) is 0 Å². The summed E-state index contributed by atoms with van der Waals surface area (Å²) in [6, 6.07) is 0. The van der Waals surface area contributed by atoms with Crippen LogP contribution in [0.25, 0.3) is 0 Å². The summed E-state index contributed by atoms with van der Waals surface area (Å²) in [5.74, 6) is 0. The van der Waals surface area contributed by atoms with Crippen LogP contribution in [0.1, 0.15) is 0 Å². The molecule has 0 heterocycles. The van der Waals surface area contributed by atoms with E-state index in [0.717, 1.165) is 0 Å². The van der Waals surface area contributed by atoms with Crippen molar-refractivity contribution in [2.24, 2.45) is 5.73 Å². The van der Waals surface area contributed by atoms with Crippen molar-refractivity contribution in [3.63, 3.8) is 0 Å². The lowest BCUT2D eigenvalue weighted by Gasteiger charge is -1.90. The summed E-state index contributed by atoms with van der Waals surface area (Å²) in [6.45, 7) is 0.319. The minimum atomic E-state index is 0.319. The van der Waals surface area contributed by atoms with Crippen molar-refractivity contribution in [1.29, 1.82) is 0 Å². The lowest BCUT2D eigenvalue weighted by atomic mass is 11.0. The SMILES string of the molecule is CN(C)C.COCN. The average molecular weight is 120 g/mol. The Balaban J connectivity index is 0. The first-order valence-corrected chi connectivity index (χ1v) is 2.45. The maximum absolute atomic E-state index is 4.81. The summed E-state index contributed by atoms with van der Waals surface area (Å²) >= 11 is 0. The predicted molar refractivity (Wildman–Crippen MR) is 35.7 cm³/mol. The van der Waals surface area contributed by atoms with Gasteiger partial charge >= 0.3 is 0 Å². The highest BCUT2D eigenvalue weighted by Crippen LogP contribution is 1.47. The molecule has 0 fully saturated rings. The fourth-order valence-corrected chi connectivity index (χ4v) is 0. The number of nitrogens with zero attached hydrogens (tertiary/aromatic N) is 1. The van der Waals surface area contributed by atoms with Crippen LogP contribution in [-0.2, 0) is 4.74 Å².